The van der Waals surface area contributed by atoms with Crippen molar-refractivity contribution in [1.82, 2.24) is 9.97 Å². The molecule has 9 heteroatoms. The average molecular weight is 371 g/mol. The Balaban J connectivity index is 2.16. The van der Waals surface area contributed by atoms with Gasteiger partial charge in [-0.25, -0.2) is 9.97 Å². The molecule has 1 saturated heterocycles. The summed E-state index contributed by atoms with van der Waals surface area (Å²) in [6, 6.07) is 4.99. The zero-order valence-corrected chi connectivity index (χ0v) is 15.4. The predicted molar refractivity (Wildman–Crippen MR) is 106 cm³/mol. The summed E-state index contributed by atoms with van der Waals surface area (Å²) in [5.74, 6) is 0.946. The Hall–Kier alpha value is -2.94. The number of hydrogen-bond donors (Lipinski definition) is 3. The Morgan fingerprint density at radius 1 is 1.30 bits per heavy atom. The minimum Gasteiger partial charge on any atom is -0.398 e. The quantitative estimate of drug-likeness (QED) is 0.411. The van der Waals surface area contributed by atoms with Crippen LogP contribution in [0.1, 0.15) is 31.9 Å². The number of nitrogen functional groups attached to an aromatic ring is 2. The highest BCUT2D eigenvalue weighted by molar-refractivity contribution is 5.87. The van der Waals surface area contributed by atoms with E-state index in [0.29, 0.717) is 6.54 Å². The van der Waals surface area contributed by atoms with Crippen molar-refractivity contribution in [1.29, 1.82) is 0 Å². The molecule has 144 valence electrons. The molecule has 0 spiro atoms. The molecule has 0 amide bonds. The van der Waals surface area contributed by atoms with Gasteiger partial charge in [-0.15, -0.1) is 0 Å². The normalized spacial score (nSPS) is 17.1. The van der Waals surface area contributed by atoms with Crippen molar-refractivity contribution < 1.29 is 4.92 Å². The van der Waals surface area contributed by atoms with Crippen LogP contribution in [-0.4, -0.2) is 34.0 Å². The van der Waals surface area contributed by atoms with Crippen LogP contribution in [0, 0.1) is 10.1 Å². The van der Waals surface area contributed by atoms with E-state index in [9.17, 15) is 10.1 Å². The van der Waals surface area contributed by atoms with Crippen LogP contribution in [0.4, 0.5) is 22.9 Å². The van der Waals surface area contributed by atoms with Crippen LogP contribution < -0.4 is 22.1 Å². The van der Waals surface area contributed by atoms with E-state index >= 15 is 0 Å². The molecular formula is C18H25N7O2. The number of anilines is 3. The first kappa shape index (κ1) is 18.8. The summed E-state index contributed by atoms with van der Waals surface area (Å²) in [4.78, 5) is 22.3. The molecule has 0 bridgehead atoms. The van der Waals surface area contributed by atoms with Crippen LogP contribution in [0.5, 0.6) is 0 Å². The number of aromatic nitrogens is 2. The molecule has 1 aromatic carbocycles. The highest BCUT2D eigenvalue weighted by atomic mass is 16.6. The third kappa shape index (κ3) is 3.92. The van der Waals surface area contributed by atoms with Crippen LogP contribution in [-0.2, 0) is 6.42 Å². The van der Waals surface area contributed by atoms with Gasteiger partial charge in [-0.3, -0.25) is 10.1 Å². The molecule has 0 aliphatic carbocycles. The minimum absolute atomic E-state index is 0.0373. The van der Waals surface area contributed by atoms with Crippen molar-refractivity contribution in [3.8, 4) is 11.4 Å². The fourth-order valence-corrected chi connectivity index (χ4v) is 3.41. The maximum Gasteiger partial charge on any atom is 0.305 e. The number of benzene rings is 1. The van der Waals surface area contributed by atoms with Crippen LogP contribution in [0.3, 0.4) is 0 Å². The molecule has 2 heterocycles. The zero-order valence-electron chi connectivity index (χ0n) is 15.4. The number of nitrogens with two attached hydrogens (primary N) is 3. The molecule has 1 aliphatic rings. The van der Waals surface area contributed by atoms with Crippen LogP contribution >= 0.6 is 0 Å². The molecule has 0 radical (unpaired) electrons. The molecule has 2 aromatic rings. The lowest BCUT2D eigenvalue weighted by molar-refractivity contribution is -0.383. The number of hydrogen-bond acceptors (Lipinski definition) is 8. The summed E-state index contributed by atoms with van der Waals surface area (Å²) in [6.07, 6.45) is 3.58. The second kappa shape index (κ2) is 7.75. The molecular weight excluding hydrogens is 346 g/mol. The van der Waals surface area contributed by atoms with Gasteiger partial charge in [0.2, 0.25) is 0 Å². The van der Waals surface area contributed by atoms with E-state index in [0.717, 1.165) is 43.7 Å². The largest absolute Gasteiger partial charge is 0.398 e. The molecule has 1 fully saturated rings. The van der Waals surface area contributed by atoms with Gasteiger partial charge in [0, 0.05) is 36.6 Å². The standard InChI is InChI=1S/C18H25N7O2/c1-2-4-12-9-15(24-8-3-5-11(19)10-24)23-18(22-12)16-13(20)6-7-14(21)17(16)25(26)27/h6-7,9,11H,2-5,8,10,19-21H2,1H3. The first-order chi connectivity index (χ1) is 12.9. The van der Waals surface area contributed by atoms with Gasteiger partial charge in [0.05, 0.1) is 4.92 Å². The number of nitro benzene ring substituents is 1. The Morgan fingerprint density at radius 2 is 2.04 bits per heavy atom. The van der Waals surface area contributed by atoms with Crippen molar-refractivity contribution in [3.05, 3.63) is 34.0 Å². The van der Waals surface area contributed by atoms with E-state index in [2.05, 4.69) is 21.8 Å². The number of aryl methyl sites for hydroxylation is 1. The number of nitrogens with zero attached hydrogens (tertiary/aromatic N) is 4. The van der Waals surface area contributed by atoms with Crippen LogP contribution in [0.25, 0.3) is 11.4 Å². The highest BCUT2D eigenvalue weighted by Gasteiger charge is 2.26. The van der Waals surface area contributed by atoms with Crippen molar-refractivity contribution in [2.75, 3.05) is 29.5 Å². The SMILES string of the molecule is CCCc1cc(N2CCCC(N)C2)nc(-c2c(N)ccc(N)c2[N+](=O)[O-])n1. The molecule has 9 nitrogen and oxygen atoms in total. The van der Waals surface area contributed by atoms with E-state index in [1.54, 1.807) is 6.07 Å². The summed E-state index contributed by atoms with van der Waals surface area (Å²) in [5.41, 5.74) is 19.0. The minimum atomic E-state index is -0.534. The maximum atomic E-state index is 11.6. The Morgan fingerprint density at radius 3 is 2.70 bits per heavy atom. The second-order valence-electron chi connectivity index (χ2n) is 6.86. The first-order valence-electron chi connectivity index (χ1n) is 9.12. The third-order valence-corrected chi connectivity index (χ3v) is 4.70. The van der Waals surface area contributed by atoms with Gasteiger partial charge < -0.3 is 22.1 Å². The maximum absolute atomic E-state index is 11.6. The molecule has 6 N–H and O–H groups in total. The molecule has 3 rings (SSSR count). The third-order valence-electron chi connectivity index (χ3n) is 4.70. The summed E-state index contributed by atoms with van der Waals surface area (Å²) in [7, 11) is 0. The number of piperidine rings is 1. The van der Waals surface area contributed by atoms with Crippen molar-refractivity contribution >= 4 is 22.9 Å². The van der Waals surface area contributed by atoms with E-state index in [1.807, 2.05) is 6.07 Å². The van der Waals surface area contributed by atoms with Crippen LogP contribution in [0.15, 0.2) is 18.2 Å². The van der Waals surface area contributed by atoms with E-state index < -0.39 is 4.92 Å². The Kier molecular flexibility index (Phi) is 5.41. The van der Waals surface area contributed by atoms with Crippen molar-refractivity contribution in [2.45, 2.75) is 38.6 Å². The molecule has 27 heavy (non-hydrogen) atoms. The van der Waals surface area contributed by atoms with Gasteiger partial charge in [-0.1, -0.05) is 13.3 Å². The predicted octanol–water partition coefficient (Wildman–Crippen LogP) is 2.10. The average Bonchev–Trinajstić information content (AvgIpc) is 2.63. The fraction of sp³-hybridized carbons (Fsp3) is 0.444. The van der Waals surface area contributed by atoms with Gasteiger partial charge in [0.15, 0.2) is 5.82 Å². The summed E-state index contributed by atoms with van der Waals surface area (Å²) >= 11 is 0. The fourth-order valence-electron chi connectivity index (χ4n) is 3.41. The highest BCUT2D eigenvalue weighted by Crippen LogP contribution is 2.38. The summed E-state index contributed by atoms with van der Waals surface area (Å²) in [6.45, 7) is 3.58. The van der Waals surface area contributed by atoms with E-state index in [1.165, 1.54) is 6.07 Å². The molecule has 1 atom stereocenters. The number of nitro groups is 1. The smallest absolute Gasteiger partial charge is 0.305 e. The molecule has 0 saturated carbocycles. The summed E-state index contributed by atoms with van der Waals surface area (Å²) < 4.78 is 0. The lowest BCUT2D eigenvalue weighted by Crippen LogP contribution is -2.43. The van der Waals surface area contributed by atoms with Gasteiger partial charge in [0.1, 0.15) is 17.1 Å². The van der Waals surface area contributed by atoms with E-state index in [-0.39, 0.29) is 34.5 Å². The lowest BCUT2D eigenvalue weighted by Gasteiger charge is -2.32. The van der Waals surface area contributed by atoms with Gasteiger partial charge in [0.25, 0.3) is 0 Å². The zero-order chi connectivity index (χ0) is 19.6. The summed E-state index contributed by atoms with van der Waals surface area (Å²) in [5, 5.41) is 11.6. The Labute approximate surface area is 157 Å². The molecule has 1 aromatic heterocycles. The van der Waals surface area contributed by atoms with Crippen molar-refractivity contribution in [2.24, 2.45) is 5.73 Å². The van der Waals surface area contributed by atoms with Gasteiger partial charge in [-0.05, 0) is 31.4 Å². The molecule has 1 unspecified atom stereocenters. The molecule has 1 aliphatic heterocycles. The van der Waals surface area contributed by atoms with E-state index in [4.69, 9.17) is 17.2 Å². The van der Waals surface area contributed by atoms with Gasteiger partial charge >= 0.3 is 5.69 Å². The van der Waals surface area contributed by atoms with Crippen molar-refractivity contribution in [3.63, 3.8) is 0 Å². The second-order valence-corrected chi connectivity index (χ2v) is 6.86. The first-order valence-corrected chi connectivity index (χ1v) is 9.12. The Bertz CT molecular complexity index is 856. The topological polar surface area (TPSA) is 150 Å². The monoisotopic (exact) mass is 371 g/mol. The van der Waals surface area contributed by atoms with Gasteiger partial charge in [-0.2, -0.15) is 0 Å². The lowest BCUT2D eigenvalue weighted by atomic mass is 10.1. The van der Waals surface area contributed by atoms with Crippen LogP contribution in [0.2, 0.25) is 0 Å². The number of rotatable bonds is 5.